The molecule has 1 aliphatic rings. The molecule has 0 aliphatic carbocycles. The highest BCUT2D eigenvalue weighted by Gasteiger charge is 2.21. The van der Waals surface area contributed by atoms with E-state index in [2.05, 4.69) is 45.0 Å². The number of benzene rings is 1. The SMILES string of the molecule is Cc1ccc(Br)cc1-c1cnc(N2CCC(=O)C2)nc1. The highest BCUT2D eigenvalue weighted by molar-refractivity contribution is 9.10. The zero-order valence-corrected chi connectivity index (χ0v) is 12.7. The Morgan fingerprint density at radius 1 is 1.25 bits per heavy atom. The minimum atomic E-state index is 0.250. The first-order chi connectivity index (χ1) is 9.63. The number of nitrogens with zero attached hydrogens (tertiary/aromatic N) is 3. The number of ketones is 1. The van der Waals surface area contributed by atoms with Crippen molar-refractivity contribution in [2.75, 3.05) is 18.0 Å². The van der Waals surface area contributed by atoms with Crippen LogP contribution in [0.25, 0.3) is 11.1 Å². The molecule has 2 aromatic rings. The molecule has 0 bridgehead atoms. The normalized spacial score (nSPS) is 14.9. The van der Waals surface area contributed by atoms with E-state index in [-0.39, 0.29) is 5.78 Å². The molecule has 102 valence electrons. The van der Waals surface area contributed by atoms with Gasteiger partial charge in [0.15, 0.2) is 5.78 Å². The van der Waals surface area contributed by atoms with Gasteiger partial charge in [-0.2, -0.15) is 0 Å². The maximum absolute atomic E-state index is 11.3. The van der Waals surface area contributed by atoms with Crippen molar-refractivity contribution in [1.29, 1.82) is 0 Å². The number of hydrogen-bond acceptors (Lipinski definition) is 4. The molecule has 0 N–H and O–H groups in total. The average molecular weight is 332 g/mol. The summed E-state index contributed by atoms with van der Waals surface area (Å²) in [5.41, 5.74) is 3.28. The van der Waals surface area contributed by atoms with Crippen molar-refractivity contribution in [3.63, 3.8) is 0 Å². The molecular weight excluding hydrogens is 318 g/mol. The molecule has 5 heteroatoms. The number of aryl methyl sites for hydroxylation is 1. The third kappa shape index (κ3) is 2.58. The fourth-order valence-corrected chi connectivity index (χ4v) is 2.69. The van der Waals surface area contributed by atoms with Crippen LogP contribution >= 0.6 is 15.9 Å². The summed E-state index contributed by atoms with van der Waals surface area (Å²) in [5.74, 6) is 0.882. The lowest BCUT2D eigenvalue weighted by Gasteiger charge is -2.14. The lowest BCUT2D eigenvalue weighted by molar-refractivity contribution is -0.116. The second-order valence-corrected chi connectivity index (χ2v) is 5.86. The molecule has 0 saturated carbocycles. The predicted molar refractivity (Wildman–Crippen MR) is 81.7 cm³/mol. The number of aromatic nitrogens is 2. The molecule has 20 heavy (non-hydrogen) atoms. The predicted octanol–water partition coefficient (Wildman–Crippen LogP) is 2.99. The van der Waals surface area contributed by atoms with Gasteiger partial charge in [0.25, 0.3) is 0 Å². The quantitative estimate of drug-likeness (QED) is 0.848. The fourth-order valence-electron chi connectivity index (χ4n) is 2.33. The second kappa shape index (κ2) is 5.32. The van der Waals surface area contributed by atoms with Gasteiger partial charge in [-0.3, -0.25) is 4.79 Å². The molecule has 0 spiro atoms. The van der Waals surface area contributed by atoms with Gasteiger partial charge in [0.05, 0.1) is 6.54 Å². The van der Waals surface area contributed by atoms with E-state index in [1.807, 2.05) is 23.4 Å². The topological polar surface area (TPSA) is 46.1 Å². The van der Waals surface area contributed by atoms with Crippen molar-refractivity contribution in [1.82, 2.24) is 9.97 Å². The summed E-state index contributed by atoms with van der Waals surface area (Å²) in [4.78, 5) is 22.0. The monoisotopic (exact) mass is 331 g/mol. The van der Waals surface area contributed by atoms with Crippen LogP contribution in [0.3, 0.4) is 0 Å². The summed E-state index contributed by atoms with van der Waals surface area (Å²) in [6, 6.07) is 6.14. The Kier molecular flexibility index (Phi) is 3.53. The Morgan fingerprint density at radius 2 is 2.00 bits per heavy atom. The van der Waals surface area contributed by atoms with E-state index in [1.54, 1.807) is 0 Å². The number of anilines is 1. The van der Waals surface area contributed by atoms with Crippen LogP contribution in [0.4, 0.5) is 5.95 Å². The Morgan fingerprint density at radius 3 is 2.65 bits per heavy atom. The molecule has 1 aromatic carbocycles. The lowest BCUT2D eigenvalue weighted by atomic mass is 10.0. The molecular formula is C15H14BrN3O. The van der Waals surface area contributed by atoms with E-state index in [4.69, 9.17) is 0 Å². The van der Waals surface area contributed by atoms with Gasteiger partial charge in [0, 0.05) is 35.4 Å². The van der Waals surface area contributed by atoms with Crippen molar-refractivity contribution < 1.29 is 4.79 Å². The molecule has 3 rings (SSSR count). The third-order valence-corrected chi connectivity index (χ3v) is 3.95. The van der Waals surface area contributed by atoms with Gasteiger partial charge >= 0.3 is 0 Å². The Labute approximate surface area is 126 Å². The maximum atomic E-state index is 11.3. The van der Waals surface area contributed by atoms with Gasteiger partial charge in [-0.05, 0) is 30.2 Å². The molecule has 0 atom stereocenters. The first kappa shape index (κ1) is 13.2. The lowest BCUT2D eigenvalue weighted by Crippen LogP contribution is -2.21. The summed E-state index contributed by atoms with van der Waals surface area (Å²) in [6.07, 6.45) is 4.23. The average Bonchev–Trinajstić information content (AvgIpc) is 2.88. The van der Waals surface area contributed by atoms with Crippen LogP contribution in [0.2, 0.25) is 0 Å². The molecule has 4 nitrogen and oxygen atoms in total. The number of carbonyl (C=O) groups excluding carboxylic acids is 1. The molecule has 0 unspecified atom stereocenters. The molecule has 2 heterocycles. The second-order valence-electron chi connectivity index (χ2n) is 4.94. The first-order valence-corrected chi connectivity index (χ1v) is 7.28. The van der Waals surface area contributed by atoms with E-state index in [0.717, 1.165) is 15.6 Å². The number of rotatable bonds is 2. The zero-order valence-electron chi connectivity index (χ0n) is 11.1. The number of hydrogen-bond donors (Lipinski definition) is 0. The van der Waals surface area contributed by atoms with Crippen LogP contribution in [0.15, 0.2) is 35.1 Å². The minimum absolute atomic E-state index is 0.250. The van der Waals surface area contributed by atoms with Crippen LogP contribution < -0.4 is 4.90 Å². The fraction of sp³-hybridized carbons (Fsp3) is 0.267. The van der Waals surface area contributed by atoms with Crippen molar-refractivity contribution in [2.24, 2.45) is 0 Å². The van der Waals surface area contributed by atoms with E-state index >= 15 is 0 Å². The summed E-state index contributed by atoms with van der Waals surface area (Å²) in [7, 11) is 0. The highest BCUT2D eigenvalue weighted by Crippen LogP contribution is 2.26. The van der Waals surface area contributed by atoms with Gasteiger partial charge in [-0.1, -0.05) is 22.0 Å². The Bertz CT molecular complexity index is 655. The summed E-state index contributed by atoms with van der Waals surface area (Å²) < 4.78 is 1.03. The van der Waals surface area contributed by atoms with E-state index in [9.17, 15) is 4.79 Å². The summed E-state index contributed by atoms with van der Waals surface area (Å²) in [5, 5.41) is 0. The number of Topliss-reactive ketones (excluding diaryl/α,β-unsaturated/α-hetero) is 1. The molecule has 1 aromatic heterocycles. The first-order valence-electron chi connectivity index (χ1n) is 6.49. The van der Waals surface area contributed by atoms with Gasteiger partial charge in [0.2, 0.25) is 5.95 Å². The Balaban J connectivity index is 1.89. The largest absolute Gasteiger partial charge is 0.333 e. The van der Waals surface area contributed by atoms with Crippen LogP contribution in [-0.2, 0) is 4.79 Å². The van der Waals surface area contributed by atoms with E-state index in [1.165, 1.54) is 5.56 Å². The van der Waals surface area contributed by atoms with E-state index in [0.29, 0.717) is 25.5 Å². The van der Waals surface area contributed by atoms with Crippen molar-refractivity contribution in [3.05, 3.63) is 40.6 Å². The molecule has 0 amide bonds. The zero-order chi connectivity index (χ0) is 14.1. The smallest absolute Gasteiger partial charge is 0.225 e. The maximum Gasteiger partial charge on any atom is 0.225 e. The molecule has 1 fully saturated rings. The third-order valence-electron chi connectivity index (χ3n) is 3.46. The van der Waals surface area contributed by atoms with Gasteiger partial charge in [-0.15, -0.1) is 0 Å². The summed E-state index contributed by atoms with van der Waals surface area (Å²) >= 11 is 3.48. The molecule has 0 radical (unpaired) electrons. The van der Waals surface area contributed by atoms with Crippen molar-refractivity contribution >= 4 is 27.7 Å². The van der Waals surface area contributed by atoms with Crippen LogP contribution in [-0.4, -0.2) is 28.8 Å². The summed E-state index contributed by atoms with van der Waals surface area (Å²) in [6.45, 7) is 3.21. The van der Waals surface area contributed by atoms with Crippen molar-refractivity contribution in [2.45, 2.75) is 13.3 Å². The Hall–Kier alpha value is -1.75. The van der Waals surface area contributed by atoms with E-state index < -0.39 is 0 Å². The highest BCUT2D eigenvalue weighted by atomic mass is 79.9. The standard InChI is InChI=1S/C15H14BrN3O/c1-10-2-3-12(16)6-14(10)11-7-17-15(18-8-11)19-5-4-13(20)9-19/h2-3,6-8H,4-5,9H2,1H3. The minimum Gasteiger partial charge on any atom is -0.333 e. The van der Waals surface area contributed by atoms with Crippen LogP contribution in [0.5, 0.6) is 0 Å². The van der Waals surface area contributed by atoms with Crippen LogP contribution in [0.1, 0.15) is 12.0 Å². The van der Waals surface area contributed by atoms with Gasteiger partial charge in [0.1, 0.15) is 0 Å². The van der Waals surface area contributed by atoms with Gasteiger partial charge < -0.3 is 4.90 Å². The number of carbonyl (C=O) groups is 1. The number of halogens is 1. The van der Waals surface area contributed by atoms with Gasteiger partial charge in [-0.25, -0.2) is 9.97 Å². The van der Waals surface area contributed by atoms with Crippen LogP contribution in [0, 0.1) is 6.92 Å². The van der Waals surface area contributed by atoms with Crippen molar-refractivity contribution in [3.8, 4) is 11.1 Å². The molecule has 1 aliphatic heterocycles. The molecule has 1 saturated heterocycles.